The van der Waals surface area contributed by atoms with Crippen molar-refractivity contribution in [3.05, 3.63) is 35.5 Å². The van der Waals surface area contributed by atoms with Crippen molar-refractivity contribution in [2.24, 2.45) is 5.92 Å². The van der Waals surface area contributed by atoms with Gasteiger partial charge in [0.2, 0.25) is 6.10 Å². The Balaban J connectivity index is 1.89. The zero-order valence-electron chi connectivity index (χ0n) is 16.0. The molecule has 2 aliphatic rings. The molecule has 0 spiro atoms. The number of carbonyl (C=O) groups excluding carboxylic acids is 1. The van der Waals surface area contributed by atoms with Crippen LogP contribution in [0.4, 0.5) is 42.8 Å². The predicted molar refractivity (Wildman–Crippen MR) is 97.3 cm³/mol. The maximum Gasteiger partial charge on any atom is 0.430 e. The van der Waals surface area contributed by atoms with Crippen LogP contribution < -0.4 is 10.2 Å². The summed E-state index contributed by atoms with van der Waals surface area (Å²) in [7, 11) is 0. The first-order valence-corrected chi connectivity index (χ1v) is 9.25. The molecule has 1 fully saturated rings. The van der Waals surface area contributed by atoms with Gasteiger partial charge < -0.3 is 9.64 Å². The summed E-state index contributed by atoms with van der Waals surface area (Å²) in [4.78, 5) is 20.9. The third kappa shape index (κ3) is 4.00. The number of pyridine rings is 2. The van der Waals surface area contributed by atoms with Gasteiger partial charge in [-0.05, 0) is 24.6 Å². The van der Waals surface area contributed by atoms with E-state index in [1.807, 2.05) is 11.4 Å². The number of alkyl halides is 6. The number of hydrogen-bond acceptors (Lipinski definition) is 6. The van der Waals surface area contributed by atoms with Crippen molar-refractivity contribution >= 4 is 17.7 Å². The third-order valence-corrected chi connectivity index (χ3v) is 5.10. The van der Waals surface area contributed by atoms with E-state index in [9.17, 15) is 31.1 Å². The van der Waals surface area contributed by atoms with Crippen LogP contribution in [0.25, 0.3) is 11.3 Å². The second kappa shape index (κ2) is 7.54. The zero-order valence-corrected chi connectivity index (χ0v) is 16.0. The highest BCUT2D eigenvalue weighted by Crippen LogP contribution is 2.46. The van der Waals surface area contributed by atoms with Crippen molar-refractivity contribution < 1.29 is 35.9 Å². The van der Waals surface area contributed by atoms with E-state index in [0.29, 0.717) is 12.5 Å². The van der Waals surface area contributed by atoms with E-state index in [4.69, 9.17) is 5.26 Å². The predicted octanol–water partition coefficient (Wildman–Crippen LogP) is 4.68. The molecule has 168 valence electrons. The van der Waals surface area contributed by atoms with E-state index in [2.05, 4.69) is 14.7 Å². The number of hydrogen-bond donors (Lipinski definition) is 1. The normalized spacial score (nSPS) is 20.9. The smallest absolute Gasteiger partial charge is 0.430 e. The molecule has 1 N–H and O–H groups in total. The molecule has 4 heterocycles. The molecule has 0 saturated carbocycles. The van der Waals surface area contributed by atoms with E-state index in [0.717, 1.165) is 18.3 Å². The van der Waals surface area contributed by atoms with Gasteiger partial charge in [-0.15, -0.1) is 0 Å². The standard InChI is InChI=1S/C19H13F6N5O2/c20-18(21,22)10-5-12(28-13(6-10)30-4-2-9(7-26)8-30)11-1-3-27-16-14(11)15(19(23,24)25)32-17(31)29-16/h1,3,5-6,9,15H,2,4,8H2,(H,27,29,31)/t9?,15-/m1/s1. The summed E-state index contributed by atoms with van der Waals surface area (Å²) in [6, 6.07) is 4.53. The van der Waals surface area contributed by atoms with Crippen LogP contribution in [-0.4, -0.2) is 35.3 Å². The second-order valence-electron chi connectivity index (χ2n) is 7.23. The Hall–Kier alpha value is -3.56. The third-order valence-electron chi connectivity index (χ3n) is 5.10. The van der Waals surface area contributed by atoms with Crippen molar-refractivity contribution in [1.29, 1.82) is 5.26 Å². The van der Waals surface area contributed by atoms with Crippen LogP contribution in [0.15, 0.2) is 24.4 Å². The van der Waals surface area contributed by atoms with Gasteiger partial charge in [-0.3, -0.25) is 5.32 Å². The summed E-state index contributed by atoms with van der Waals surface area (Å²) in [5.41, 5.74) is -2.48. The number of anilines is 2. The van der Waals surface area contributed by atoms with Crippen molar-refractivity contribution in [3.63, 3.8) is 0 Å². The van der Waals surface area contributed by atoms with Crippen molar-refractivity contribution in [2.45, 2.75) is 24.9 Å². The highest BCUT2D eigenvalue weighted by molar-refractivity contribution is 5.89. The van der Waals surface area contributed by atoms with Crippen LogP contribution in [-0.2, 0) is 10.9 Å². The molecule has 0 radical (unpaired) electrons. The average molecular weight is 457 g/mol. The molecule has 4 rings (SSSR count). The second-order valence-corrected chi connectivity index (χ2v) is 7.23. The Morgan fingerprint density at radius 2 is 1.97 bits per heavy atom. The summed E-state index contributed by atoms with van der Waals surface area (Å²) < 4.78 is 85.9. The van der Waals surface area contributed by atoms with Gasteiger partial charge in [0.15, 0.2) is 0 Å². The minimum absolute atomic E-state index is 0.123. The van der Waals surface area contributed by atoms with Gasteiger partial charge in [-0.2, -0.15) is 31.6 Å². The molecule has 2 atom stereocenters. The molecular weight excluding hydrogens is 444 g/mol. The highest BCUT2D eigenvalue weighted by atomic mass is 19.4. The lowest BCUT2D eigenvalue weighted by atomic mass is 9.98. The lowest BCUT2D eigenvalue weighted by Gasteiger charge is -2.29. The van der Waals surface area contributed by atoms with Crippen LogP contribution in [0.1, 0.15) is 23.7 Å². The van der Waals surface area contributed by atoms with Gasteiger partial charge in [0.1, 0.15) is 11.6 Å². The van der Waals surface area contributed by atoms with Crippen molar-refractivity contribution in [2.75, 3.05) is 23.3 Å². The Bertz CT molecular complexity index is 1110. The number of aromatic nitrogens is 2. The highest BCUT2D eigenvalue weighted by Gasteiger charge is 2.49. The molecule has 0 bridgehead atoms. The lowest BCUT2D eigenvalue weighted by molar-refractivity contribution is -0.206. The van der Waals surface area contributed by atoms with Crippen LogP contribution >= 0.6 is 0 Å². The number of nitriles is 1. The van der Waals surface area contributed by atoms with E-state index < -0.39 is 53.1 Å². The van der Waals surface area contributed by atoms with Gasteiger partial charge in [-0.1, -0.05) is 0 Å². The van der Waals surface area contributed by atoms with Crippen LogP contribution in [0, 0.1) is 17.2 Å². The molecule has 1 amide bonds. The number of halogens is 6. The summed E-state index contributed by atoms with van der Waals surface area (Å²) in [5.74, 6) is -1.00. The summed E-state index contributed by atoms with van der Waals surface area (Å²) in [6.45, 7) is 0.411. The molecule has 0 aromatic carbocycles. The fourth-order valence-corrected chi connectivity index (χ4v) is 3.64. The number of nitrogens with one attached hydrogen (secondary N) is 1. The molecule has 7 nitrogen and oxygen atoms in total. The van der Waals surface area contributed by atoms with E-state index in [-0.39, 0.29) is 24.5 Å². The number of ether oxygens (including phenoxy) is 1. The van der Waals surface area contributed by atoms with Crippen molar-refractivity contribution in [3.8, 4) is 17.3 Å². The van der Waals surface area contributed by atoms with Gasteiger partial charge in [-0.25, -0.2) is 14.8 Å². The fraction of sp³-hybridized carbons (Fsp3) is 0.368. The Morgan fingerprint density at radius 3 is 2.59 bits per heavy atom. The minimum atomic E-state index is -5.04. The maximum absolute atomic E-state index is 13.6. The number of rotatable bonds is 2. The molecule has 1 unspecified atom stereocenters. The number of cyclic esters (lactones) is 1. The maximum atomic E-state index is 13.6. The molecule has 0 aliphatic carbocycles. The molecule has 2 aliphatic heterocycles. The van der Waals surface area contributed by atoms with E-state index in [1.165, 1.54) is 4.90 Å². The van der Waals surface area contributed by atoms with Gasteiger partial charge >= 0.3 is 18.4 Å². The number of amides is 1. The first kappa shape index (κ1) is 21.7. The largest absolute Gasteiger partial charge is 0.431 e. The molecule has 1 saturated heterocycles. The molecule has 2 aromatic rings. The van der Waals surface area contributed by atoms with Crippen molar-refractivity contribution in [1.82, 2.24) is 9.97 Å². The molecule has 13 heteroatoms. The number of carbonyl (C=O) groups is 1. The zero-order chi connectivity index (χ0) is 23.3. The topological polar surface area (TPSA) is 91.1 Å². The Morgan fingerprint density at radius 1 is 1.22 bits per heavy atom. The fourth-order valence-electron chi connectivity index (χ4n) is 3.64. The minimum Gasteiger partial charge on any atom is -0.431 e. The van der Waals surface area contributed by atoms with E-state index in [1.54, 1.807) is 0 Å². The quantitative estimate of drug-likeness (QED) is 0.659. The van der Waals surface area contributed by atoms with Crippen LogP contribution in [0.5, 0.6) is 0 Å². The number of nitrogens with zero attached hydrogens (tertiary/aromatic N) is 4. The monoisotopic (exact) mass is 457 g/mol. The van der Waals surface area contributed by atoms with Gasteiger partial charge in [0.25, 0.3) is 0 Å². The average Bonchev–Trinajstić information content (AvgIpc) is 3.20. The molecular formula is C19H13F6N5O2. The van der Waals surface area contributed by atoms with E-state index >= 15 is 0 Å². The first-order valence-electron chi connectivity index (χ1n) is 9.25. The van der Waals surface area contributed by atoms with Gasteiger partial charge in [0.05, 0.1) is 28.8 Å². The SMILES string of the molecule is N#CC1CCN(c2cc(C(F)(F)F)cc(-c3ccnc4c3[C@H](C(F)(F)F)OC(=O)N4)n2)C1. The lowest BCUT2D eigenvalue weighted by Crippen LogP contribution is -2.34. The summed E-state index contributed by atoms with van der Waals surface area (Å²) >= 11 is 0. The molecule has 2 aromatic heterocycles. The van der Waals surface area contributed by atoms with Crippen LogP contribution in [0.3, 0.4) is 0 Å². The Kier molecular flexibility index (Phi) is 5.10. The number of fused-ring (bicyclic) bond motifs is 1. The van der Waals surface area contributed by atoms with Gasteiger partial charge in [0, 0.05) is 24.8 Å². The summed E-state index contributed by atoms with van der Waals surface area (Å²) in [5, 5.41) is 11.1. The summed E-state index contributed by atoms with van der Waals surface area (Å²) in [6.07, 6.45) is -12.5. The first-order chi connectivity index (χ1) is 15.0. The molecule has 32 heavy (non-hydrogen) atoms. The van der Waals surface area contributed by atoms with Crippen LogP contribution in [0.2, 0.25) is 0 Å². The Labute approximate surface area is 176 Å².